The van der Waals surface area contributed by atoms with Gasteiger partial charge >= 0.3 is 0 Å². The van der Waals surface area contributed by atoms with Gasteiger partial charge in [-0.3, -0.25) is 4.79 Å². The number of carbonyl (C=O) groups is 1. The zero-order chi connectivity index (χ0) is 10.2. The molecule has 0 radical (unpaired) electrons. The van der Waals surface area contributed by atoms with Crippen LogP contribution in [0.3, 0.4) is 0 Å². The fourth-order valence-electron chi connectivity index (χ4n) is 2.60. The van der Waals surface area contributed by atoms with Gasteiger partial charge in [-0.15, -0.1) is 0 Å². The first-order valence-electron chi connectivity index (χ1n) is 5.03. The van der Waals surface area contributed by atoms with E-state index in [1.54, 1.807) is 14.2 Å². The Hall–Kier alpha value is -0.670. The summed E-state index contributed by atoms with van der Waals surface area (Å²) in [6.07, 6.45) is 6.31. The highest BCUT2D eigenvalue weighted by molar-refractivity contribution is 5.80. The molecule has 0 bridgehead atoms. The standard InChI is InChI=1S/C11H16O3/c1-13-11(14-2)6-5-8-3-4-9(12)7-10(8)11/h5-6,8,10H,3-4,7H2,1-2H3. The number of ether oxygens (including phenoxy) is 2. The molecule has 2 unspecified atom stereocenters. The number of methoxy groups -OCH3 is 2. The molecule has 0 aromatic heterocycles. The van der Waals surface area contributed by atoms with Crippen molar-refractivity contribution in [2.45, 2.75) is 25.0 Å². The van der Waals surface area contributed by atoms with Crippen LogP contribution in [0, 0.1) is 11.8 Å². The largest absolute Gasteiger partial charge is 0.349 e. The normalized spacial score (nSPS) is 34.6. The van der Waals surface area contributed by atoms with Gasteiger partial charge in [-0.05, 0) is 18.4 Å². The minimum absolute atomic E-state index is 0.179. The van der Waals surface area contributed by atoms with Crippen molar-refractivity contribution >= 4 is 5.78 Å². The van der Waals surface area contributed by atoms with Crippen molar-refractivity contribution in [2.75, 3.05) is 14.2 Å². The van der Waals surface area contributed by atoms with Crippen molar-refractivity contribution in [3.63, 3.8) is 0 Å². The third kappa shape index (κ3) is 1.31. The van der Waals surface area contributed by atoms with Crippen LogP contribution >= 0.6 is 0 Å². The smallest absolute Gasteiger partial charge is 0.190 e. The topological polar surface area (TPSA) is 35.5 Å². The van der Waals surface area contributed by atoms with Crippen LogP contribution < -0.4 is 0 Å². The molecule has 0 saturated heterocycles. The van der Waals surface area contributed by atoms with E-state index in [4.69, 9.17) is 9.47 Å². The highest BCUT2D eigenvalue weighted by Gasteiger charge is 2.48. The fourth-order valence-corrected chi connectivity index (χ4v) is 2.60. The first kappa shape index (κ1) is 9.87. The monoisotopic (exact) mass is 196 g/mol. The first-order valence-corrected chi connectivity index (χ1v) is 5.03. The van der Waals surface area contributed by atoms with E-state index in [1.165, 1.54) is 0 Å². The zero-order valence-corrected chi connectivity index (χ0v) is 8.66. The van der Waals surface area contributed by atoms with Crippen molar-refractivity contribution in [1.82, 2.24) is 0 Å². The molecule has 0 aliphatic heterocycles. The van der Waals surface area contributed by atoms with Gasteiger partial charge in [-0.1, -0.05) is 6.08 Å². The molecular weight excluding hydrogens is 180 g/mol. The number of rotatable bonds is 2. The van der Waals surface area contributed by atoms with Gasteiger partial charge in [0.2, 0.25) is 0 Å². The number of fused-ring (bicyclic) bond motifs is 1. The summed E-state index contributed by atoms with van der Waals surface area (Å²) in [5.74, 6) is 0.306. The molecule has 14 heavy (non-hydrogen) atoms. The Morgan fingerprint density at radius 2 is 2.14 bits per heavy atom. The molecule has 78 valence electrons. The average molecular weight is 196 g/mol. The van der Waals surface area contributed by atoms with Gasteiger partial charge in [0, 0.05) is 33.0 Å². The summed E-state index contributed by atoms with van der Waals surface area (Å²) in [6.45, 7) is 0. The number of carbonyl (C=O) groups excluding carboxylic acids is 1. The second kappa shape index (κ2) is 3.48. The predicted octanol–water partition coefficient (Wildman–Crippen LogP) is 1.53. The van der Waals surface area contributed by atoms with Crippen LogP contribution in [0.25, 0.3) is 0 Å². The molecule has 0 amide bonds. The maximum Gasteiger partial charge on any atom is 0.190 e. The first-order chi connectivity index (χ1) is 6.72. The molecule has 0 N–H and O–H groups in total. The summed E-state index contributed by atoms with van der Waals surface area (Å²) >= 11 is 0. The van der Waals surface area contributed by atoms with Crippen LogP contribution in [0.1, 0.15) is 19.3 Å². The number of ketones is 1. The minimum Gasteiger partial charge on any atom is -0.349 e. The van der Waals surface area contributed by atoms with Crippen LogP contribution in [0.2, 0.25) is 0 Å². The van der Waals surface area contributed by atoms with Gasteiger partial charge in [0.25, 0.3) is 0 Å². The highest BCUT2D eigenvalue weighted by atomic mass is 16.7. The quantitative estimate of drug-likeness (QED) is 0.496. The number of hydrogen-bond acceptors (Lipinski definition) is 3. The summed E-state index contributed by atoms with van der Waals surface area (Å²) < 4.78 is 10.8. The second-order valence-electron chi connectivity index (χ2n) is 4.04. The van der Waals surface area contributed by atoms with Crippen molar-refractivity contribution in [1.29, 1.82) is 0 Å². The van der Waals surface area contributed by atoms with Crippen molar-refractivity contribution in [3.05, 3.63) is 12.2 Å². The van der Waals surface area contributed by atoms with Crippen LogP contribution in [-0.2, 0) is 14.3 Å². The summed E-state index contributed by atoms with van der Waals surface area (Å²) in [5.41, 5.74) is 0. The zero-order valence-electron chi connectivity index (χ0n) is 8.66. The van der Waals surface area contributed by atoms with E-state index in [0.717, 1.165) is 6.42 Å². The van der Waals surface area contributed by atoms with Gasteiger partial charge in [-0.25, -0.2) is 0 Å². The van der Waals surface area contributed by atoms with Gasteiger partial charge in [0.1, 0.15) is 5.78 Å². The lowest BCUT2D eigenvalue weighted by atomic mass is 9.78. The Kier molecular flexibility index (Phi) is 2.45. The number of Topliss-reactive ketones (excluding diaryl/α,β-unsaturated/α-hetero) is 1. The van der Waals surface area contributed by atoms with Gasteiger partial charge < -0.3 is 9.47 Å². The molecule has 3 nitrogen and oxygen atoms in total. The molecule has 0 spiro atoms. The van der Waals surface area contributed by atoms with E-state index in [9.17, 15) is 4.79 Å². The van der Waals surface area contributed by atoms with Crippen LogP contribution in [0.5, 0.6) is 0 Å². The molecule has 2 aliphatic rings. The van der Waals surface area contributed by atoms with Gasteiger partial charge in [0.05, 0.1) is 0 Å². The third-order valence-electron chi connectivity index (χ3n) is 3.45. The molecular formula is C11H16O3. The third-order valence-corrected chi connectivity index (χ3v) is 3.45. The van der Waals surface area contributed by atoms with E-state index in [0.29, 0.717) is 24.5 Å². The molecule has 2 atom stereocenters. The maximum absolute atomic E-state index is 11.4. The van der Waals surface area contributed by atoms with Crippen LogP contribution in [0.15, 0.2) is 12.2 Å². The van der Waals surface area contributed by atoms with Gasteiger partial charge in [0.15, 0.2) is 5.79 Å². The highest BCUT2D eigenvalue weighted by Crippen LogP contribution is 2.44. The molecule has 2 aliphatic carbocycles. The summed E-state index contributed by atoms with van der Waals surface area (Å²) in [5, 5.41) is 0. The summed E-state index contributed by atoms with van der Waals surface area (Å²) in [4.78, 5) is 11.4. The maximum atomic E-state index is 11.4. The summed E-state index contributed by atoms with van der Waals surface area (Å²) in [7, 11) is 3.27. The molecule has 0 aromatic carbocycles. The Morgan fingerprint density at radius 3 is 2.79 bits per heavy atom. The van der Waals surface area contributed by atoms with Crippen molar-refractivity contribution < 1.29 is 14.3 Å². The SMILES string of the molecule is COC1(OC)C=CC2CCC(=O)CC21. The molecule has 1 saturated carbocycles. The summed E-state index contributed by atoms with van der Waals surface area (Å²) in [6, 6.07) is 0. The molecule has 0 heterocycles. The van der Waals surface area contributed by atoms with E-state index in [1.807, 2.05) is 6.08 Å². The van der Waals surface area contributed by atoms with Crippen LogP contribution in [0.4, 0.5) is 0 Å². The lowest BCUT2D eigenvalue weighted by Gasteiger charge is -2.36. The van der Waals surface area contributed by atoms with E-state index < -0.39 is 5.79 Å². The average Bonchev–Trinajstić information content (AvgIpc) is 2.57. The Morgan fingerprint density at radius 1 is 1.43 bits per heavy atom. The van der Waals surface area contributed by atoms with Crippen molar-refractivity contribution in [2.24, 2.45) is 11.8 Å². The molecule has 1 fully saturated rings. The minimum atomic E-state index is -0.652. The Balaban J connectivity index is 2.22. The van der Waals surface area contributed by atoms with E-state index >= 15 is 0 Å². The fraction of sp³-hybridized carbons (Fsp3) is 0.727. The predicted molar refractivity (Wildman–Crippen MR) is 51.7 cm³/mol. The van der Waals surface area contributed by atoms with E-state index in [-0.39, 0.29) is 5.92 Å². The van der Waals surface area contributed by atoms with Crippen molar-refractivity contribution in [3.8, 4) is 0 Å². The Bertz CT molecular complexity index is 266. The number of hydrogen-bond donors (Lipinski definition) is 0. The lowest BCUT2D eigenvalue weighted by Crippen LogP contribution is -2.42. The number of allylic oxidation sites excluding steroid dienone is 1. The van der Waals surface area contributed by atoms with E-state index in [2.05, 4.69) is 6.08 Å². The molecule has 3 heteroatoms. The lowest BCUT2D eigenvalue weighted by molar-refractivity contribution is -0.208. The Labute approximate surface area is 84.1 Å². The van der Waals surface area contributed by atoms with Gasteiger partial charge in [-0.2, -0.15) is 0 Å². The second-order valence-corrected chi connectivity index (χ2v) is 4.04. The van der Waals surface area contributed by atoms with Crippen LogP contribution in [-0.4, -0.2) is 25.8 Å². The molecule has 0 aromatic rings. The molecule has 2 rings (SSSR count).